The molecule has 4 heteroatoms. The molecule has 0 atom stereocenters. The van der Waals surface area contributed by atoms with Gasteiger partial charge in [-0.15, -0.1) is 24.0 Å². The van der Waals surface area contributed by atoms with Crippen LogP contribution in [0.2, 0.25) is 5.02 Å². The maximum absolute atomic E-state index is 6.05. The van der Waals surface area contributed by atoms with E-state index in [1.165, 1.54) is 0 Å². The highest BCUT2D eigenvalue weighted by molar-refractivity contribution is 7.80. The van der Waals surface area contributed by atoms with Gasteiger partial charge in [0, 0.05) is 21.0 Å². The van der Waals surface area contributed by atoms with Gasteiger partial charge in [-0.1, -0.05) is 66.2 Å². The molecule has 0 N–H and O–H groups in total. The lowest BCUT2D eigenvalue weighted by molar-refractivity contribution is 1.40. The van der Waals surface area contributed by atoms with Gasteiger partial charge in [0.05, 0.1) is 10.6 Å². The number of rotatable bonds is 3. The van der Waals surface area contributed by atoms with Gasteiger partial charge in [-0.3, -0.25) is 0 Å². The maximum Gasteiger partial charge on any atom is 0.124 e. The normalized spacial score (nSPS) is 10.8. The average Bonchev–Trinajstić information content (AvgIpc) is 3.09. The standard InChI is InChI=1S/C21H14ClNS2/c22-17-10-6-14(7-11-17)19-20(15-8-12-18(24)13-9-15)25-21(23-19)16-4-2-1-3-5-16/h1-13,24H. The minimum absolute atomic E-state index is 0.725. The summed E-state index contributed by atoms with van der Waals surface area (Å²) in [5.74, 6) is 0. The van der Waals surface area contributed by atoms with E-state index in [-0.39, 0.29) is 0 Å². The maximum atomic E-state index is 6.05. The van der Waals surface area contributed by atoms with Gasteiger partial charge in [-0.2, -0.15) is 0 Å². The van der Waals surface area contributed by atoms with Crippen LogP contribution in [0.3, 0.4) is 0 Å². The fourth-order valence-corrected chi connectivity index (χ4v) is 4.01. The zero-order valence-corrected chi connectivity index (χ0v) is 15.7. The van der Waals surface area contributed by atoms with Crippen molar-refractivity contribution in [2.24, 2.45) is 0 Å². The zero-order valence-electron chi connectivity index (χ0n) is 13.2. The highest BCUT2D eigenvalue weighted by Crippen LogP contribution is 2.40. The molecule has 4 rings (SSSR count). The van der Waals surface area contributed by atoms with Gasteiger partial charge in [-0.05, 0) is 29.8 Å². The topological polar surface area (TPSA) is 12.9 Å². The summed E-state index contributed by atoms with van der Waals surface area (Å²) in [4.78, 5) is 7.03. The molecule has 3 aromatic carbocycles. The van der Waals surface area contributed by atoms with E-state index < -0.39 is 0 Å². The van der Waals surface area contributed by atoms with Crippen LogP contribution < -0.4 is 0 Å². The summed E-state index contributed by atoms with van der Waals surface area (Å²) in [6, 6.07) is 26.3. The van der Waals surface area contributed by atoms with Gasteiger partial charge in [0.15, 0.2) is 0 Å². The predicted molar refractivity (Wildman–Crippen MR) is 111 cm³/mol. The van der Waals surface area contributed by atoms with Crippen LogP contribution in [0, 0.1) is 0 Å². The predicted octanol–water partition coefficient (Wildman–Crippen LogP) is 7.09. The average molecular weight is 380 g/mol. The summed E-state index contributed by atoms with van der Waals surface area (Å²) >= 11 is 12.1. The van der Waals surface area contributed by atoms with E-state index in [9.17, 15) is 0 Å². The first-order valence-corrected chi connectivity index (χ1v) is 9.46. The molecule has 1 heterocycles. The molecule has 0 aliphatic heterocycles. The van der Waals surface area contributed by atoms with Crippen LogP contribution in [0.4, 0.5) is 0 Å². The Balaban J connectivity index is 1.89. The Morgan fingerprint density at radius 3 is 2.04 bits per heavy atom. The van der Waals surface area contributed by atoms with Crippen LogP contribution in [0.5, 0.6) is 0 Å². The van der Waals surface area contributed by atoms with Gasteiger partial charge in [0.2, 0.25) is 0 Å². The first kappa shape index (κ1) is 16.4. The quantitative estimate of drug-likeness (QED) is 0.375. The van der Waals surface area contributed by atoms with Crippen molar-refractivity contribution in [1.29, 1.82) is 0 Å². The molecule has 0 radical (unpaired) electrons. The third-order valence-corrected chi connectivity index (χ3v) is 5.60. The third kappa shape index (κ3) is 3.49. The van der Waals surface area contributed by atoms with Gasteiger partial charge in [0.25, 0.3) is 0 Å². The van der Waals surface area contributed by atoms with Gasteiger partial charge < -0.3 is 0 Å². The molecule has 122 valence electrons. The molecular formula is C21H14ClNS2. The van der Waals surface area contributed by atoms with Gasteiger partial charge in [-0.25, -0.2) is 4.98 Å². The lowest BCUT2D eigenvalue weighted by atomic mass is 10.1. The van der Waals surface area contributed by atoms with Crippen LogP contribution in [-0.4, -0.2) is 4.98 Å². The minimum atomic E-state index is 0.725. The molecule has 0 fully saturated rings. The summed E-state index contributed by atoms with van der Waals surface area (Å²) in [7, 11) is 0. The van der Waals surface area contributed by atoms with Crippen LogP contribution in [-0.2, 0) is 0 Å². The fraction of sp³-hybridized carbons (Fsp3) is 0. The van der Waals surface area contributed by atoms with Crippen LogP contribution in [0.1, 0.15) is 0 Å². The molecule has 1 aromatic heterocycles. The van der Waals surface area contributed by atoms with Crippen LogP contribution in [0.25, 0.3) is 32.3 Å². The van der Waals surface area contributed by atoms with Crippen molar-refractivity contribution < 1.29 is 0 Å². The number of thiol groups is 1. The number of nitrogens with zero attached hydrogens (tertiary/aromatic N) is 1. The van der Waals surface area contributed by atoms with E-state index in [0.717, 1.165) is 42.2 Å². The number of thiazole rings is 1. The number of halogens is 1. The van der Waals surface area contributed by atoms with E-state index in [1.54, 1.807) is 11.3 Å². The number of benzene rings is 3. The second kappa shape index (κ2) is 7.04. The van der Waals surface area contributed by atoms with Crippen molar-refractivity contribution in [2.75, 3.05) is 0 Å². The van der Waals surface area contributed by atoms with Crippen molar-refractivity contribution in [3.05, 3.63) is 83.9 Å². The molecule has 0 aliphatic rings. The molecule has 0 bridgehead atoms. The second-order valence-corrected chi connectivity index (χ2v) is 7.57. The summed E-state index contributed by atoms with van der Waals surface area (Å²) in [5.41, 5.74) is 4.31. The number of hydrogen-bond acceptors (Lipinski definition) is 3. The monoisotopic (exact) mass is 379 g/mol. The van der Waals surface area contributed by atoms with Gasteiger partial charge >= 0.3 is 0 Å². The Hall–Kier alpha value is -2.07. The number of hydrogen-bond donors (Lipinski definition) is 1. The Bertz CT molecular complexity index is 928. The number of aromatic nitrogens is 1. The van der Waals surface area contributed by atoms with Crippen molar-refractivity contribution in [3.63, 3.8) is 0 Å². The summed E-state index contributed by atoms with van der Waals surface area (Å²) < 4.78 is 0. The van der Waals surface area contributed by atoms with Crippen LogP contribution in [0.15, 0.2) is 83.8 Å². The smallest absolute Gasteiger partial charge is 0.124 e. The highest BCUT2D eigenvalue weighted by Gasteiger charge is 2.16. The first-order chi connectivity index (χ1) is 12.2. The molecule has 0 saturated heterocycles. The van der Waals surface area contributed by atoms with Gasteiger partial charge in [0.1, 0.15) is 5.01 Å². The molecule has 0 saturated carbocycles. The Labute approximate surface area is 161 Å². The molecule has 0 spiro atoms. The van der Waals surface area contributed by atoms with Crippen molar-refractivity contribution in [3.8, 4) is 32.3 Å². The highest BCUT2D eigenvalue weighted by atomic mass is 35.5. The third-order valence-electron chi connectivity index (χ3n) is 3.90. The van der Waals surface area contributed by atoms with Crippen molar-refractivity contribution in [1.82, 2.24) is 4.98 Å². The molecule has 25 heavy (non-hydrogen) atoms. The van der Waals surface area contributed by atoms with E-state index in [1.807, 2.05) is 54.6 Å². The lowest BCUT2D eigenvalue weighted by Crippen LogP contribution is -1.83. The minimum Gasteiger partial charge on any atom is -0.235 e. The summed E-state index contributed by atoms with van der Waals surface area (Å²) in [6.07, 6.45) is 0. The Kier molecular flexibility index (Phi) is 4.62. The second-order valence-electron chi connectivity index (χ2n) is 5.62. The molecule has 0 unspecified atom stereocenters. The molecular weight excluding hydrogens is 366 g/mol. The largest absolute Gasteiger partial charge is 0.235 e. The van der Waals surface area contributed by atoms with E-state index in [4.69, 9.17) is 16.6 Å². The van der Waals surface area contributed by atoms with E-state index in [0.29, 0.717) is 0 Å². The summed E-state index contributed by atoms with van der Waals surface area (Å²) in [5, 5.41) is 1.73. The molecule has 4 aromatic rings. The van der Waals surface area contributed by atoms with E-state index >= 15 is 0 Å². The lowest BCUT2D eigenvalue weighted by Gasteiger charge is -2.03. The molecule has 0 amide bonds. The Morgan fingerprint density at radius 2 is 1.36 bits per heavy atom. The summed E-state index contributed by atoms with van der Waals surface area (Å²) in [6.45, 7) is 0. The molecule has 1 nitrogen and oxygen atoms in total. The fourth-order valence-electron chi connectivity index (χ4n) is 2.64. The Morgan fingerprint density at radius 1 is 0.720 bits per heavy atom. The van der Waals surface area contributed by atoms with Crippen LogP contribution >= 0.6 is 35.6 Å². The van der Waals surface area contributed by atoms with E-state index in [2.05, 4.69) is 36.9 Å². The first-order valence-electron chi connectivity index (χ1n) is 7.82. The zero-order chi connectivity index (χ0) is 17.2. The van der Waals surface area contributed by atoms with Crippen molar-refractivity contribution in [2.45, 2.75) is 4.90 Å². The SMILES string of the molecule is Sc1ccc(-c2sc(-c3ccccc3)nc2-c2ccc(Cl)cc2)cc1. The molecule has 0 aliphatic carbocycles. The van der Waals surface area contributed by atoms with Crippen molar-refractivity contribution >= 4 is 35.6 Å².